The quantitative estimate of drug-likeness (QED) is 0.524. The fraction of sp³-hybridized carbons (Fsp3) is 0.391. The molecule has 1 atom stereocenters. The zero-order valence-corrected chi connectivity index (χ0v) is 19.7. The number of esters is 1. The van der Waals surface area contributed by atoms with E-state index in [4.69, 9.17) is 4.74 Å². The molecule has 2 aliphatic rings. The van der Waals surface area contributed by atoms with Crippen molar-refractivity contribution in [3.05, 3.63) is 58.0 Å². The van der Waals surface area contributed by atoms with E-state index in [0.717, 1.165) is 41.0 Å². The van der Waals surface area contributed by atoms with Crippen molar-refractivity contribution in [2.75, 3.05) is 18.4 Å². The number of para-hydroxylation sites is 1. The number of hydrogen-bond acceptors (Lipinski definition) is 6. The molecule has 0 unspecified atom stereocenters. The summed E-state index contributed by atoms with van der Waals surface area (Å²) in [6, 6.07) is 7.06. The van der Waals surface area contributed by atoms with Gasteiger partial charge >= 0.3 is 5.97 Å². The maximum Gasteiger partial charge on any atom is 0.340 e. The maximum absolute atomic E-state index is 13.3. The molecule has 32 heavy (non-hydrogen) atoms. The average molecular weight is 475 g/mol. The number of sulfonamides is 1. The molecule has 0 spiro atoms. The molecule has 170 valence electrons. The summed E-state index contributed by atoms with van der Waals surface area (Å²) in [5, 5.41) is 0. The Morgan fingerprint density at radius 3 is 2.69 bits per heavy atom. The summed E-state index contributed by atoms with van der Waals surface area (Å²) in [6.45, 7) is 2.57. The molecule has 2 heterocycles. The molecular weight excluding hydrogens is 448 g/mol. The van der Waals surface area contributed by atoms with Crippen LogP contribution in [-0.2, 0) is 32.5 Å². The molecule has 9 heteroatoms. The number of allylic oxidation sites excluding steroid dienone is 2. The first-order valence-electron chi connectivity index (χ1n) is 10.6. The van der Waals surface area contributed by atoms with Crippen LogP contribution in [0.1, 0.15) is 45.6 Å². The number of methoxy groups -OCH3 is 1. The Morgan fingerprint density at radius 1 is 1.22 bits per heavy atom. The second kappa shape index (κ2) is 9.07. The van der Waals surface area contributed by atoms with Crippen LogP contribution in [0.2, 0.25) is 0 Å². The molecule has 0 bridgehead atoms. The zero-order chi connectivity index (χ0) is 22.9. The predicted octanol–water partition coefficient (Wildman–Crippen LogP) is 3.88. The number of carbonyl (C=O) groups excluding carboxylic acids is 2. The van der Waals surface area contributed by atoms with Gasteiger partial charge in [0.2, 0.25) is 5.91 Å². The molecule has 1 aliphatic carbocycles. The number of aryl methyl sites for hydroxylation is 1. The highest BCUT2D eigenvalue weighted by atomic mass is 32.2. The SMILES string of the molecule is COC(=O)c1c(S(=O)(=O)Nc2ccccc2C)sc2c1CCN(C(=O)[C@H]1CC=CCC1)C2. The fourth-order valence-corrected chi connectivity index (χ4v) is 7.25. The van der Waals surface area contributed by atoms with Crippen molar-refractivity contribution in [3.63, 3.8) is 0 Å². The molecule has 0 saturated carbocycles. The van der Waals surface area contributed by atoms with E-state index in [0.29, 0.717) is 30.8 Å². The number of hydrogen-bond donors (Lipinski definition) is 1. The summed E-state index contributed by atoms with van der Waals surface area (Å²) < 4.78 is 34.0. The van der Waals surface area contributed by atoms with Gasteiger partial charge in [-0.15, -0.1) is 11.3 Å². The summed E-state index contributed by atoms with van der Waals surface area (Å²) in [6.07, 6.45) is 7.03. The van der Waals surface area contributed by atoms with E-state index in [9.17, 15) is 18.0 Å². The zero-order valence-electron chi connectivity index (χ0n) is 18.1. The lowest BCUT2D eigenvalue weighted by atomic mass is 9.92. The van der Waals surface area contributed by atoms with Gasteiger partial charge in [0.25, 0.3) is 10.0 Å². The van der Waals surface area contributed by atoms with Crippen LogP contribution in [0, 0.1) is 12.8 Å². The number of nitrogens with zero attached hydrogens (tertiary/aromatic N) is 1. The van der Waals surface area contributed by atoms with Crippen molar-refractivity contribution >= 4 is 38.9 Å². The number of fused-ring (bicyclic) bond motifs is 1. The molecule has 1 aromatic carbocycles. The average Bonchev–Trinajstić information content (AvgIpc) is 3.20. The minimum absolute atomic E-state index is 0.0347. The van der Waals surface area contributed by atoms with Crippen LogP contribution >= 0.6 is 11.3 Å². The van der Waals surface area contributed by atoms with Crippen LogP contribution in [0.3, 0.4) is 0 Å². The molecule has 1 amide bonds. The molecule has 0 radical (unpaired) electrons. The maximum atomic E-state index is 13.3. The van der Waals surface area contributed by atoms with Gasteiger partial charge in [0.1, 0.15) is 0 Å². The number of anilines is 1. The van der Waals surface area contributed by atoms with Gasteiger partial charge in [-0.25, -0.2) is 13.2 Å². The normalized spacial score (nSPS) is 18.2. The van der Waals surface area contributed by atoms with Crippen LogP contribution in [0.15, 0.2) is 40.6 Å². The molecular formula is C23H26N2O5S2. The predicted molar refractivity (Wildman–Crippen MR) is 123 cm³/mol. The van der Waals surface area contributed by atoms with Gasteiger partial charge < -0.3 is 9.64 Å². The van der Waals surface area contributed by atoms with Gasteiger partial charge in [-0.1, -0.05) is 30.4 Å². The summed E-state index contributed by atoms with van der Waals surface area (Å²) in [4.78, 5) is 28.1. The van der Waals surface area contributed by atoms with Crippen molar-refractivity contribution in [2.45, 2.75) is 43.4 Å². The van der Waals surface area contributed by atoms with Crippen LogP contribution in [0.25, 0.3) is 0 Å². The summed E-state index contributed by atoms with van der Waals surface area (Å²) in [5.41, 5.74) is 1.98. The number of carbonyl (C=O) groups is 2. The van der Waals surface area contributed by atoms with Gasteiger partial charge in [0.05, 0.1) is 24.9 Å². The number of benzene rings is 1. The third-order valence-corrected chi connectivity index (χ3v) is 9.08. The van der Waals surface area contributed by atoms with E-state index < -0.39 is 16.0 Å². The Hall–Kier alpha value is -2.65. The van der Waals surface area contributed by atoms with Crippen LogP contribution in [0.5, 0.6) is 0 Å². The molecule has 1 aliphatic heterocycles. The Morgan fingerprint density at radius 2 is 2.00 bits per heavy atom. The van der Waals surface area contributed by atoms with Crippen LogP contribution in [-0.4, -0.2) is 38.8 Å². The van der Waals surface area contributed by atoms with Gasteiger partial charge in [0.15, 0.2) is 4.21 Å². The first-order valence-corrected chi connectivity index (χ1v) is 12.9. The molecule has 7 nitrogen and oxygen atoms in total. The van der Waals surface area contributed by atoms with E-state index in [1.54, 1.807) is 17.0 Å². The Bertz CT molecular complexity index is 1180. The molecule has 1 N–H and O–H groups in total. The molecule has 0 fully saturated rings. The highest BCUT2D eigenvalue weighted by molar-refractivity contribution is 7.94. The molecule has 1 aromatic heterocycles. The fourth-order valence-electron chi connectivity index (χ4n) is 4.22. The van der Waals surface area contributed by atoms with Gasteiger partial charge in [-0.2, -0.15) is 0 Å². The third-order valence-electron chi connectivity index (χ3n) is 5.98. The number of ether oxygens (including phenoxy) is 1. The van der Waals surface area contributed by atoms with Crippen LogP contribution in [0.4, 0.5) is 5.69 Å². The van der Waals surface area contributed by atoms with E-state index in [1.165, 1.54) is 7.11 Å². The highest BCUT2D eigenvalue weighted by Gasteiger charge is 2.36. The first-order chi connectivity index (χ1) is 15.3. The van der Waals surface area contributed by atoms with Crippen molar-refractivity contribution in [3.8, 4) is 0 Å². The highest BCUT2D eigenvalue weighted by Crippen LogP contribution is 2.38. The topological polar surface area (TPSA) is 92.8 Å². The van der Waals surface area contributed by atoms with Gasteiger partial charge in [-0.3, -0.25) is 9.52 Å². The number of thiophene rings is 1. The minimum atomic E-state index is -4.02. The molecule has 2 aromatic rings. The summed E-state index contributed by atoms with van der Waals surface area (Å²) in [7, 11) is -2.78. The Kier molecular flexibility index (Phi) is 6.39. The third kappa shape index (κ3) is 4.31. The smallest absolute Gasteiger partial charge is 0.340 e. The minimum Gasteiger partial charge on any atom is -0.465 e. The molecule has 0 saturated heterocycles. The van der Waals surface area contributed by atoms with Crippen molar-refractivity contribution in [1.29, 1.82) is 0 Å². The Labute approximate surface area is 192 Å². The summed E-state index contributed by atoms with van der Waals surface area (Å²) >= 11 is 1.05. The molecule has 4 rings (SSSR count). The lowest BCUT2D eigenvalue weighted by Crippen LogP contribution is -2.39. The first kappa shape index (κ1) is 22.5. The van der Waals surface area contributed by atoms with E-state index in [1.807, 2.05) is 25.1 Å². The largest absolute Gasteiger partial charge is 0.465 e. The second-order valence-corrected chi connectivity index (χ2v) is 11.1. The standard InChI is InChI=1S/C23H26N2O5S2/c1-15-8-6-7-11-18(15)24-32(28,29)23-20(22(27)30-2)17-12-13-25(14-19(17)31-23)21(26)16-9-4-3-5-10-16/h3-4,6-8,11,16,24H,5,9-10,12-14H2,1-2H3/t16-/m0/s1. The number of amides is 1. The lowest BCUT2D eigenvalue weighted by molar-refractivity contribution is -0.136. The second-order valence-electron chi connectivity index (χ2n) is 8.07. The number of nitrogens with one attached hydrogen (secondary N) is 1. The lowest BCUT2D eigenvalue weighted by Gasteiger charge is -2.31. The van der Waals surface area contributed by atoms with Crippen molar-refractivity contribution in [1.82, 2.24) is 4.90 Å². The monoisotopic (exact) mass is 474 g/mol. The van der Waals surface area contributed by atoms with Crippen molar-refractivity contribution in [2.24, 2.45) is 5.92 Å². The van der Waals surface area contributed by atoms with Crippen molar-refractivity contribution < 1.29 is 22.7 Å². The Balaban J connectivity index is 1.67. The van der Waals surface area contributed by atoms with E-state index in [2.05, 4.69) is 10.8 Å². The van der Waals surface area contributed by atoms with Gasteiger partial charge in [0, 0.05) is 17.3 Å². The number of rotatable bonds is 5. The van der Waals surface area contributed by atoms with Crippen LogP contribution < -0.4 is 4.72 Å². The summed E-state index contributed by atoms with van der Waals surface area (Å²) in [5.74, 6) is -0.618. The van der Waals surface area contributed by atoms with E-state index in [-0.39, 0.29) is 21.6 Å². The van der Waals surface area contributed by atoms with Gasteiger partial charge in [-0.05, 0) is 49.8 Å². The van der Waals surface area contributed by atoms with E-state index >= 15 is 0 Å².